The van der Waals surface area contributed by atoms with E-state index in [-0.39, 0.29) is 16.9 Å². The topological polar surface area (TPSA) is 37.3 Å². The minimum absolute atomic E-state index is 0.00508. The molecular formula is C19H17F3O2S. The van der Waals surface area contributed by atoms with Crippen LogP contribution in [0.3, 0.4) is 0 Å². The van der Waals surface area contributed by atoms with Crippen LogP contribution in [0, 0.1) is 12.8 Å². The van der Waals surface area contributed by atoms with E-state index >= 15 is 0 Å². The number of carbonyl (C=O) groups excluding carboxylic acids is 1. The molecular weight excluding hydrogens is 349 g/mol. The molecule has 1 aliphatic rings. The molecule has 1 aliphatic heterocycles. The van der Waals surface area contributed by atoms with Gasteiger partial charge in [-0.1, -0.05) is 60.2 Å². The lowest BCUT2D eigenvalue weighted by molar-refractivity contribution is -0.174. The van der Waals surface area contributed by atoms with Crippen molar-refractivity contribution in [3.63, 3.8) is 0 Å². The monoisotopic (exact) mass is 366 g/mol. The second kappa shape index (κ2) is 6.50. The Hall–Kier alpha value is -1.79. The van der Waals surface area contributed by atoms with Crippen LogP contribution in [0.1, 0.15) is 21.5 Å². The van der Waals surface area contributed by atoms with Gasteiger partial charge in [0.15, 0.2) is 5.78 Å². The van der Waals surface area contributed by atoms with Gasteiger partial charge in [-0.25, -0.2) is 0 Å². The van der Waals surface area contributed by atoms with Gasteiger partial charge in [0.25, 0.3) is 0 Å². The molecule has 1 N–H and O–H groups in total. The molecule has 0 spiro atoms. The first-order valence-electron chi connectivity index (χ1n) is 7.82. The van der Waals surface area contributed by atoms with Gasteiger partial charge in [-0.15, -0.1) is 11.8 Å². The third-order valence-electron chi connectivity index (χ3n) is 4.55. The molecule has 0 bridgehead atoms. The average Bonchev–Trinajstić information content (AvgIpc) is 2.94. The second-order valence-electron chi connectivity index (χ2n) is 6.19. The molecule has 0 unspecified atom stereocenters. The van der Waals surface area contributed by atoms with E-state index in [1.54, 1.807) is 18.2 Å². The fourth-order valence-corrected chi connectivity index (χ4v) is 4.84. The number of halogens is 3. The fraction of sp³-hybridized carbons (Fsp3) is 0.316. The molecule has 1 fully saturated rings. The van der Waals surface area contributed by atoms with Gasteiger partial charge in [-0.05, 0) is 12.5 Å². The van der Waals surface area contributed by atoms with E-state index in [1.165, 1.54) is 36.4 Å². The number of aliphatic hydroxyl groups excluding tert-OH is 1. The third-order valence-corrected chi connectivity index (χ3v) is 6.23. The quantitative estimate of drug-likeness (QED) is 0.820. The summed E-state index contributed by atoms with van der Waals surface area (Å²) in [7, 11) is 0. The van der Waals surface area contributed by atoms with Crippen LogP contribution in [0.2, 0.25) is 0 Å². The summed E-state index contributed by atoms with van der Waals surface area (Å²) in [5.41, 5.74) is 1.08. The molecule has 0 radical (unpaired) electrons. The summed E-state index contributed by atoms with van der Waals surface area (Å²) in [4.78, 5) is 12.9. The molecule has 0 saturated carbocycles. The van der Waals surface area contributed by atoms with E-state index < -0.39 is 28.7 Å². The highest BCUT2D eigenvalue weighted by atomic mass is 32.2. The first-order valence-corrected chi connectivity index (χ1v) is 8.81. The lowest BCUT2D eigenvalue weighted by Gasteiger charge is -2.36. The Balaban J connectivity index is 2.14. The fourth-order valence-electron chi connectivity index (χ4n) is 3.30. The summed E-state index contributed by atoms with van der Waals surface area (Å²) in [6, 6.07) is 13.8. The predicted molar refractivity (Wildman–Crippen MR) is 91.6 cm³/mol. The lowest BCUT2D eigenvalue weighted by Crippen LogP contribution is -2.49. The van der Waals surface area contributed by atoms with Crippen LogP contribution < -0.4 is 0 Å². The molecule has 0 aromatic heterocycles. The van der Waals surface area contributed by atoms with Crippen molar-refractivity contribution in [3.8, 4) is 0 Å². The number of carbonyl (C=O) groups is 1. The largest absolute Gasteiger partial charge is 0.408 e. The lowest BCUT2D eigenvalue weighted by atomic mass is 9.77. The molecule has 6 heteroatoms. The Labute approximate surface area is 148 Å². The zero-order chi connectivity index (χ0) is 18.2. The smallest absolute Gasteiger partial charge is 0.391 e. The van der Waals surface area contributed by atoms with Gasteiger partial charge < -0.3 is 5.11 Å². The number of thioether (sulfide) groups is 1. The zero-order valence-corrected chi connectivity index (χ0v) is 14.3. The zero-order valence-electron chi connectivity index (χ0n) is 13.5. The van der Waals surface area contributed by atoms with Gasteiger partial charge in [0, 0.05) is 11.3 Å². The molecule has 3 atom stereocenters. The molecule has 1 saturated heterocycles. The van der Waals surface area contributed by atoms with Gasteiger partial charge in [0.2, 0.25) is 0 Å². The highest BCUT2D eigenvalue weighted by Gasteiger charge is 2.67. The van der Waals surface area contributed by atoms with Crippen LogP contribution in [0.25, 0.3) is 0 Å². The number of hydrogen-bond donors (Lipinski definition) is 1. The summed E-state index contributed by atoms with van der Waals surface area (Å²) < 4.78 is 40.1. The molecule has 1 heterocycles. The molecule has 2 nitrogen and oxygen atoms in total. The van der Waals surface area contributed by atoms with Crippen molar-refractivity contribution in [1.29, 1.82) is 0 Å². The van der Waals surface area contributed by atoms with Gasteiger partial charge in [0.1, 0.15) is 4.75 Å². The minimum Gasteiger partial charge on any atom is -0.391 e. The van der Waals surface area contributed by atoms with Crippen LogP contribution in [0.15, 0.2) is 54.6 Å². The Morgan fingerprint density at radius 3 is 2.28 bits per heavy atom. The Morgan fingerprint density at radius 2 is 1.72 bits per heavy atom. The van der Waals surface area contributed by atoms with Gasteiger partial charge in [-0.2, -0.15) is 13.2 Å². The van der Waals surface area contributed by atoms with Crippen molar-refractivity contribution < 1.29 is 23.1 Å². The van der Waals surface area contributed by atoms with E-state index in [4.69, 9.17) is 0 Å². The SMILES string of the molecule is Cc1ccc(C(=O)[C@@H]2[C@H](O)CS[C@@]2(c2ccccc2)C(F)(F)F)cc1. The highest BCUT2D eigenvalue weighted by molar-refractivity contribution is 8.00. The van der Waals surface area contributed by atoms with Crippen molar-refractivity contribution in [1.82, 2.24) is 0 Å². The van der Waals surface area contributed by atoms with Crippen LogP contribution in [0.4, 0.5) is 13.2 Å². The van der Waals surface area contributed by atoms with Gasteiger partial charge >= 0.3 is 6.18 Å². The van der Waals surface area contributed by atoms with E-state index in [9.17, 15) is 23.1 Å². The minimum atomic E-state index is -4.68. The van der Waals surface area contributed by atoms with Crippen LogP contribution in [-0.2, 0) is 4.75 Å². The maximum absolute atomic E-state index is 14.2. The Morgan fingerprint density at radius 1 is 1.12 bits per heavy atom. The van der Waals surface area contributed by atoms with Crippen LogP contribution in [0.5, 0.6) is 0 Å². The number of rotatable bonds is 3. The molecule has 25 heavy (non-hydrogen) atoms. The third kappa shape index (κ3) is 2.98. The number of alkyl halides is 3. The van der Waals surface area contributed by atoms with Crippen molar-refractivity contribution in [2.75, 3.05) is 5.75 Å². The van der Waals surface area contributed by atoms with E-state index in [0.717, 1.165) is 5.56 Å². The average molecular weight is 366 g/mol. The Bertz CT molecular complexity index is 758. The first kappa shape index (κ1) is 18.0. The van der Waals surface area contributed by atoms with Crippen molar-refractivity contribution in [3.05, 3.63) is 71.3 Å². The molecule has 0 aliphatic carbocycles. The first-order chi connectivity index (χ1) is 11.8. The molecule has 132 valence electrons. The normalized spacial score (nSPS) is 26.6. The molecule has 3 rings (SSSR count). The summed E-state index contributed by atoms with van der Waals surface area (Å²) in [5, 5.41) is 10.3. The summed E-state index contributed by atoms with van der Waals surface area (Å²) in [5.74, 6) is -2.40. The van der Waals surface area contributed by atoms with Crippen LogP contribution >= 0.6 is 11.8 Å². The Kier molecular flexibility index (Phi) is 4.68. The summed E-state index contributed by atoms with van der Waals surface area (Å²) in [6.07, 6.45) is -6.04. The molecule has 2 aromatic carbocycles. The van der Waals surface area contributed by atoms with Gasteiger partial charge in [-0.3, -0.25) is 4.79 Å². The van der Waals surface area contributed by atoms with Crippen molar-refractivity contribution >= 4 is 17.5 Å². The second-order valence-corrected chi connectivity index (χ2v) is 7.45. The number of aliphatic hydroxyl groups is 1. The number of Topliss-reactive ketones (excluding diaryl/α,β-unsaturated/α-hetero) is 1. The number of hydrogen-bond acceptors (Lipinski definition) is 3. The van der Waals surface area contributed by atoms with E-state index in [2.05, 4.69) is 0 Å². The van der Waals surface area contributed by atoms with Crippen LogP contribution in [-0.4, -0.2) is 28.9 Å². The van der Waals surface area contributed by atoms with E-state index in [0.29, 0.717) is 11.8 Å². The van der Waals surface area contributed by atoms with Crippen molar-refractivity contribution in [2.45, 2.75) is 24.0 Å². The summed E-state index contributed by atoms with van der Waals surface area (Å²) >= 11 is 0.596. The molecule has 2 aromatic rings. The maximum atomic E-state index is 14.2. The number of ketones is 1. The number of aryl methyl sites for hydroxylation is 1. The van der Waals surface area contributed by atoms with Crippen molar-refractivity contribution in [2.24, 2.45) is 5.92 Å². The highest BCUT2D eigenvalue weighted by Crippen LogP contribution is 2.60. The predicted octanol–water partition coefficient (Wildman–Crippen LogP) is 4.36. The summed E-state index contributed by atoms with van der Waals surface area (Å²) in [6.45, 7) is 1.83. The van der Waals surface area contributed by atoms with Gasteiger partial charge in [0.05, 0.1) is 12.0 Å². The maximum Gasteiger partial charge on any atom is 0.408 e. The van der Waals surface area contributed by atoms with E-state index in [1.807, 2.05) is 6.92 Å². The standard InChI is InChI=1S/C19H17F3O2S/c1-12-7-9-13(10-8-12)17(24)16-15(23)11-25-18(16,19(20,21)22)14-5-3-2-4-6-14/h2-10,15-16,23H,11H2,1H3/t15-,16+,18-/m1/s1. The number of benzene rings is 2. The molecule has 0 amide bonds.